The van der Waals surface area contributed by atoms with Crippen molar-refractivity contribution in [2.75, 3.05) is 27.2 Å². The maximum absolute atomic E-state index is 12.3. The number of halogens is 2. The Morgan fingerprint density at radius 2 is 1.61 bits per heavy atom. The Labute approximate surface area is 173 Å². The van der Waals surface area contributed by atoms with Crippen LogP contribution in [0.5, 0.6) is 0 Å². The number of amides is 3. The van der Waals surface area contributed by atoms with Crippen LogP contribution in [0.4, 0.5) is 0 Å². The monoisotopic (exact) mass is 422 g/mol. The van der Waals surface area contributed by atoms with Crippen LogP contribution >= 0.6 is 23.2 Å². The van der Waals surface area contributed by atoms with E-state index in [1.165, 1.54) is 17.0 Å². The smallest absolute Gasteiger partial charge is 0.271 e. The molecule has 0 spiro atoms. The number of rotatable bonds is 6. The molecule has 1 aromatic carbocycles. The maximum atomic E-state index is 12.3. The maximum Gasteiger partial charge on any atom is 0.271 e. The highest BCUT2D eigenvalue weighted by molar-refractivity contribution is 6.42. The Morgan fingerprint density at radius 1 is 0.964 bits per heavy atom. The summed E-state index contributed by atoms with van der Waals surface area (Å²) in [4.78, 5) is 41.9. The predicted molar refractivity (Wildman–Crippen MR) is 108 cm³/mol. The van der Waals surface area contributed by atoms with Gasteiger partial charge in [0.1, 0.15) is 5.69 Å². The van der Waals surface area contributed by atoms with E-state index in [0.29, 0.717) is 26.9 Å². The quantitative estimate of drug-likeness (QED) is 0.699. The first-order chi connectivity index (χ1) is 13.2. The summed E-state index contributed by atoms with van der Waals surface area (Å²) in [5.41, 5.74) is 1.46. The molecule has 148 valence electrons. The average Bonchev–Trinajstić information content (AvgIpc) is 2.66. The van der Waals surface area contributed by atoms with Crippen molar-refractivity contribution in [2.45, 2.75) is 6.92 Å². The summed E-state index contributed by atoms with van der Waals surface area (Å²) < 4.78 is 0. The van der Waals surface area contributed by atoms with Crippen molar-refractivity contribution in [3.8, 4) is 0 Å². The van der Waals surface area contributed by atoms with Crippen LogP contribution in [0.1, 0.15) is 36.9 Å². The Kier molecular flexibility index (Phi) is 7.37. The summed E-state index contributed by atoms with van der Waals surface area (Å²) in [5.74, 6) is -0.894. The van der Waals surface area contributed by atoms with Gasteiger partial charge in [-0.3, -0.25) is 14.4 Å². The Bertz CT molecular complexity index is 916. The lowest BCUT2D eigenvalue weighted by Crippen LogP contribution is -2.35. The van der Waals surface area contributed by atoms with E-state index in [1.807, 2.05) is 0 Å². The van der Waals surface area contributed by atoms with Crippen molar-refractivity contribution in [1.82, 2.24) is 20.5 Å². The minimum atomic E-state index is -0.336. The molecule has 28 heavy (non-hydrogen) atoms. The van der Waals surface area contributed by atoms with E-state index in [9.17, 15) is 14.4 Å². The fourth-order valence-corrected chi connectivity index (χ4v) is 2.63. The fourth-order valence-electron chi connectivity index (χ4n) is 2.34. The molecule has 1 heterocycles. The zero-order valence-electron chi connectivity index (χ0n) is 15.7. The van der Waals surface area contributed by atoms with Gasteiger partial charge < -0.3 is 15.5 Å². The minimum absolute atomic E-state index is 0.226. The second-order valence-corrected chi connectivity index (χ2v) is 6.98. The molecule has 2 aromatic rings. The Hall–Kier alpha value is -2.64. The number of carbonyl (C=O) groups is 3. The van der Waals surface area contributed by atoms with E-state index < -0.39 is 0 Å². The van der Waals surface area contributed by atoms with E-state index in [-0.39, 0.29) is 36.5 Å². The van der Waals surface area contributed by atoms with Crippen molar-refractivity contribution in [1.29, 1.82) is 0 Å². The van der Waals surface area contributed by atoms with Gasteiger partial charge in [0, 0.05) is 32.7 Å². The summed E-state index contributed by atoms with van der Waals surface area (Å²) in [5, 5.41) is 6.05. The van der Waals surface area contributed by atoms with Crippen LogP contribution in [0, 0.1) is 6.92 Å². The van der Waals surface area contributed by atoms with Gasteiger partial charge in [-0.15, -0.1) is 0 Å². The summed E-state index contributed by atoms with van der Waals surface area (Å²) >= 11 is 11.7. The van der Waals surface area contributed by atoms with Crippen molar-refractivity contribution in [3.63, 3.8) is 0 Å². The molecule has 2 rings (SSSR count). The number of carbonyl (C=O) groups excluding carboxylic acids is 3. The van der Waals surface area contributed by atoms with Crippen molar-refractivity contribution >= 4 is 40.9 Å². The first-order valence-electron chi connectivity index (χ1n) is 8.41. The Balaban J connectivity index is 1.87. The van der Waals surface area contributed by atoms with Gasteiger partial charge in [0.25, 0.3) is 17.7 Å². The van der Waals surface area contributed by atoms with E-state index in [0.717, 1.165) is 0 Å². The molecule has 0 atom stereocenters. The number of hydrogen-bond donors (Lipinski definition) is 2. The van der Waals surface area contributed by atoms with Gasteiger partial charge in [-0.25, -0.2) is 4.98 Å². The van der Waals surface area contributed by atoms with Gasteiger partial charge in [0.05, 0.1) is 21.3 Å². The number of aryl methyl sites for hydroxylation is 1. The molecule has 3 amide bonds. The summed E-state index contributed by atoms with van der Waals surface area (Å²) in [6.07, 6.45) is 0. The van der Waals surface area contributed by atoms with E-state index in [2.05, 4.69) is 15.6 Å². The zero-order valence-corrected chi connectivity index (χ0v) is 17.2. The van der Waals surface area contributed by atoms with Crippen LogP contribution in [-0.4, -0.2) is 54.8 Å². The van der Waals surface area contributed by atoms with Crippen LogP contribution in [0.15, 0.2) is 30.3 Å². The lowest BCUT2D eigenvalue weighted by atomic mass is 10.1. The number of benzene rings is 1. The molecule has 0 aliphatic heterocycles. The van der Waals surface area contributed by atoms with Gasteiger partial charge in [0.15, 0.2) is 0 Å². The van der Waals surface area contributed by atoms with E-state index >= 15 is 0 Å². The van der Waals surface area contributed by atoms with Crippen LogP contribution < -0.4 is 10.6 Å². The molecular weight excluding hydrogens is 403 g/mol. The lowest BCUT2D eigenvalue weighted by Gasteiger charge is -2.12. The number of hydrogen-bond acceptors (Lipinski definition) is 4. The largest absolute Gasteiger partial charge is 0.350 e. The minimum Gasteiger partial charge on any atom is -0.350 e. The third-order valence-corrected chi connectivity index (χ3v) is 4.57. The molecule has 0 aliphatic carbocycles. The summed E-state index contributed by atoms with van der Waals surface area (Å²) in [7, 11) is 3.26. The van der Waals surface area contributed by atoms with Crippen molar-refractivity contribution in [3.05, 3.63) is 62.9 Å². The number of pyridine rings is 1. The first kappa shape index (κ1) is 21.7. The predicted octanol–water partition coefficient (Wildman–Crippen LogP) is 2.56. The van der Waals surface area contributed by atoms with Crippen LogP contribution in [0.3, 0.4) is 0 Å². The van der Waals surface area contributed by atoms with Crippen LogP contribution in [-0.2, 0) is 0 Å². The topological polar surface area (TPSA) is 91.4 Å². The zero-order chi connectivity index (χ0) is 20.8. The molecule has 9 heteroatoms. The van der Waals surface area contributed by atoms with Gasteiger partial charge in [-0.2, -0.15) is 0 Å². The van der Waals surface area contributed by atoms with Gasteiger partial charge >= 0.3 is 0 Å². The molecule has 2 N–H and O–H groups in total. The molecule has 0 unspecified atom stereocenters. The highest BCUT2D eigenvalue weighted by Crippen LogP contribution is 2.22. The standard InChI is InChI=1S/C19H20Cl2N4O3/c1-11-13(5-7-16(24-11)19(28)25(2)3)18(27)23-9-8-22-17(26)12-4-6-14(20)15(21)10-12/h4-7,10H,8-9H2,1-3H3,(H,22,26)(H,23,27). The number of nitrogens with one attached hydrogen (secondary N) is 2. The van der Waals surface area contributed by atoms with E-state index in [1.54, 1.807) is 39.2 Å². The lowest BCUT2D eigenvalue weighted by molar-refractivity contribution is 0.0820. The van der Waals surface area contributed by atoms with Crippen molar-refractivity contribution < 1.29 is 14.4 Å². The third kappa shape index (κ3) is 5.43. The molecule has 0 aliphatic rings. The van der Waals surface area contributed by atoms with Gasteiger partial charge in [0.2, 0.25) is 0 Å². The SMILES string of the molecule is Cc1nc(C(=O)N(C)C)ccc1C(=O)NCCNC(=O)c1ccc(Cl)c(Cl)c1. The molecule has 0 fully saturated rings. The molecule has 0 saturated heterocycles. The number of nitrogens with zero attached hydrogens (tertiary/aromatic N) is 2. The first-order valence-corrected chi connectivity index (χ1v) is 9.17. The van der Waals surface area contributed by atoms with Crippen molar-refractivity contribution in [2.24, 2.45) is 0 Å². The molecular formula is C19H20Cl2N4O3. The highest BCUT2D eigenvalue weighted by atomic mass is 35.5. The van der Waals surface area contributed by atoms with Gasteiger partial charge in [-0.1, -0.05) is 23.2 Å². The number of aromatic nitrogens is 1. The molecule has 0 saturated carbocycles. The third-order valence-electron chi connectivity index (χ3n) is 3.83. The molecule has 0 radical (unpaired) electrons. The average molecular weight is 423 g/mol. The van der Waals surface area contributed by atoms with E-state index in [4.69, 9.17) is 23.2 Å². The second kappa shape index (κ2) is 9.52. The highest BCUT2D eigenvalue weighted by Gasteiger charge is 2.15. The summed E-state index contributed by atoms with van der Waals surface area (Å²) in [6.45, 7) is 2.12. The van der Waals surface area contributed by atoms with Gasteiger partial charge in [-0.05, 0) is 37.3 Å². The normalized spacial score (nSPS) is 10.3. The molecule has 1 aromatic heterocycles. The molecule has 7 nitrogen and oxygen atoms in total. The Morgan fingerprint density at radius 3 is 2.18 bits per heavy atom. The fraction of sp³-hybridized carbons (Fsp3) is 0.263. The summed E-state index contributed by atoms with van der Waals surface area (Å²) in [6, 6.07) is 7.65. The molecule has 0 bridgehead atoms. The second-order valence-electron chi connectivity index (χ2n) is 6.17. The van der Waals surface area contributed by atoms with Crippen LogP contribution in [0.25, 0.3) is 0 Å². The van der Waals surface area contributed by atoms with Crippen LogP contribution in [0.2, 0.25) is 10.0 Å².